The topological polar surface area (TPSA) is 54.5 Å². The van der Waals surface area contributed by atoms with Crippen LogP contribution < -0.4 is 10.1 Å². The van der Waals surface area contributed by atoms with Crippen LogP contribution in [0.1, 0.15) is 16.1 Å². The Morgan fingerprint density at radius 3 is 2.90 bits per heavy atom. The van der Waals surface area contributed by atoms with E-state index in [2.05, 4.69) is 43.3 Å². The van der Waals surface area contributed by atoms with Crippen LogP contribution in [0.2, 0.25) is 0 Å². The van der Waals surface area contributed by atoms with Crippen LogP contribution in [-0.2, 0) is 24.3 Å². The molecule has 1 aliphatic rings. The average molecular weight is 476 g/mol. The monoisotopic (exact) mass is 475 g/mol. The molecule has 1 amide bonds. The minimum absolute atomic E-state index is 0.0401. The average Bonchev–Trinajstić information content (AvgIpc) is 3.09. The van der Waals surface area contributed by atoms with Gasteiger partial charge < -0.3 is 4.74 Å². The van der Waals surface area contributed by atoms with E-state index in [9.17, 15) is 9.18 Å². The van der Waals surface area contributed by atoms with Crippen molar-refractivity contribution in [1.29, 1.82) is 0 Å². The van der Waals surface area contributed by atoms with Crippen molar-refractivity contribution in [2.75, 3.05) is 18.5 Å². The molecular formula is C21H19BrFN3O2S. The first kappa shape index (κ1) is 20.0. The maximum Gasteiger partial charge on any atom is 0.264 e. The molecule has 0 saturated carbocycles. The first-order valence-electron chi connectivity index (χ1n) is 9.19. The van der Waals surface area contributed by atoms with Gasteiger partial charge in [0.2, 0.25) is 0 Å². The third kappa shape index (κ3) is 5.20. The van der Waals surface area contributed by atoms with Gasteiger partial charge in [-0.3, -0.25) is 15.0 Å². The second-order valence-electron chi connectivity index (χ2n) is 6.75. The standard InChI is InChI=1S/C21H19BrFN3O2S/c22-15-6-7-18(16(23)10-15)28-13-20(27)25-21-24-17-8-9-26(12-19(17)29-21)11-14-4-2-1-3-5-14/h1-7,10H,8-9,11-13H2,(H,24,25,27). The highest BCUT2D eigenvalue weighted by Gasteiger charge is 2.21. The van der Waals surface area contributed by atoms with Gasteiger partial charge in [0.25, 0.3) is 5.91 Å². The zero-order chi connectivity index (χ0) is 20.2. The summed E-state index contributed by atoms with van der Waals surface area (Å²) in [7, 11) is 0. The van der Waals surface area contributed by atoms with E-state index in [1.165, 1.54) is 33.9 Å². The van der Waals surface area contributed by atoms with E-state index < -0.39 is 5.82 Å². The second-order valence-corrected chi connectivity index (χ2v) is 8.75. The molecule has 0 saturated heterocycles. The Balaban J connectivity index is 1.32. The molecule has 1 aromatic heterocycles. The minimum Gasteiger partial charge on any atom is -0.481 e. The highest BCUT2D eigenvalue weighted by atomic mass is 79.9. The van der Waals surface area contributed by atoms with Crippen molar-refractivity contribution >= 4 is 38.3 Å². The smallest absolute Gasteiger partial charge is 0.264 e. The maximum absolute atomic E-state index is 13.8. The number of fused-ring (bicyclic) bond motifs is 1. The van der Waals surface area contributed by atoms with Crippen molar-refractivity contribution in [1.82, 2.24) is 9.88 Å². The molecule has 0 bridgehead atoms. The number of hydrogen-bond donors (Lipinski definition) is 1. The number of carbonyl (C=O) groups excluding carboxylic acids is 1. The predicted octanol–water partition coefficient (Wildman–Crippen LogP) is 4.62. The number of halogens is 2. The lowest BCUT2D eigenvalue weighted by molar-refractivity contribution is -0.118. The van der Waals surface area contributed by atoms with Gasteiger partial charge in [-0.1, -0.05) is 46.3 Å². The largest absolute Gasteiger partial charge is 0.481 e. The quantitative estimate of drug-likeness (QED) is 0.564. The first-order valence-corrected chi connectivity index (χ1v) is 10.8. The van der Waals surface area contributed by atoms with Gasteiger partial charge in [-0.15, -0.1) is 11.3 Å². The molecule has 1 aliphatic heterocycles. The zero-order valence-corrected chi connectivity index (χ0v) is 17.9. The predicted molar refractivity (Wildman–Crippen MR) is 115 cm³/mol. The molecule has 1 N–H and O–H groups in total. The van der Waals surface area contributed by atoms with Crippen molar-refractivity contribution in [3.8, 4) is 5.75 Å². The normalized spacial score (nSPS) is 13.7. The van der Waals surface area contributed by atoms with Crippen LogP contribution in [0.25, 0.3) is 0 Å². The molecule has 3 aromatic rings. The van der Waals surface area contributed by atoms with E-state index in [0.29, 0.717) is 9.60 Å². The maximum atomic E-state index is 13.8. The van der Waals surface area contributed by atoms with E-state index in [1.807, 2.05) is 18.2 Å². The minimum atomic E-state index is -0.518. The van der Waals surface area contributed by atoms with Crippen molar-refractivity contribution in [3.05, 3.63) is 75.0 Å². The summed E-state index contributed by atoms with van der Waals surface area (Å²) in [5.74, 6) is -0.840. The Hall–Kier alpha value is -2.29. The molecule has 0 unspecified atom stereocenters. The molecule has 0 atom stereocenters. The molecule has 4 rings (SSSR count). The number of hydrogen-bond acceptors (Lipinski definition) is 5. The summed E-state index contributed by atoms with van der Waals surface area (Å²) >= 11 is 4.67. The van der Waals surface area contributed by atoms with Gasteiger partial charge in [-0.05, 0) is 23.8 Å². The first-order chi connectivity index (χ1) is 14.1. The van der Waals surface area contributed by atoms with Gasteiger partial charge in [0.05, 0.1) is 5.69 Å². The number of nitrogens with one attached hydrogen (secondary N) is 1. The number of ether oxygens (including phenoxy) is 1. The Morgan fingerprint density at radius 1 is 1.28 bits per heavy atom. The third-order valence-corrected chi connectivity index (χ3v) is 6.05. The van der Waals surface area contributed by atoms with E-state index in [4.69, 9.17) is 4.74 Å². The summed E-state index contributed by atoms with van der Waals surface area (Å²) in [5.41, 5.74) is 2.32. The number of rotatable bonds is 6. The summed E-state index contributed by atoms with van der Waals surface area (Å²) in [6, 6.07) is 14.8. The van der Waals surface area contributed by atoms with Gasteiger partial charge in [-0.25, -0.2) is 9.37 Å². The highest BCUT2D eigenvalue weighted by molar-refractivity contribution is 9.10. The van der Waals surface area contributed by atoms with Crippen LogP contribution in [0, 0.1) is 5.82 Å². The van der Waals surface area contributed by atoms with E-state index >= 15 is 0 Å². The number of amides is 1. The summed E-state index contributed by atoms with van der Waals surface area (Å²) in [5, 5.41) is 3.31. The molecule has 2 aromatic carbocycles. The molecule has 150 valence electrons. The van der Waals surface area contributed by atoms with Crippen LogP contribution in [0.15, 0.2) is 53.0 Å². The van der Waals surface area contributed by atoms with Gasteiger partial charge in [0.15, 0.2) is 23.3 Å². The molecule has 8 heteroatoms. The van der Waals surface area contributed by atoms with Gasteiger partial charge >= 0.3 is 0 Å². The van der Waals surface area contributed by atoms with E-state index in [0.717, 1.165) is 31.7 Å². The van der Waals surface area contributed by atoms with Gasteiger partial charge in [0.1, 0.15) is 0 Å². The number of aromatic nitrogens is 1. The summed E-state index contributed by atoms with van der Waals surface area (Å²) in [4.78, 5) is 20.3. The fourth-order valence-corrected chi connectivity index (χ4v) is 4.57. The van der Waals surface area contributed by atoms with E-state index in [1.54, 1.807) is 6.07 Å². The molecule has 0 radical (unpaired) electrons. The lowest BCUT2D eigenvalue weighted by Gasteiger charge is -2.25. The van der Waals surface area contributed by atoms with Crippen molar-refractivity contribution in [2.45, 2.75) is 19.5 Å². The van der Waals surface area contributed by atoms with Gasteiger partial charge in [0, 0.05) is 35.4 Å². The van der Waals surface area contributed by atoms with Crippen LogP contribution in [0.4, 0.5) is 9.52 Å². The zero-order valence-electron chi connectivity index (χ0n) is 15.5. The highest BCUT2D eigenvalue weighted by Crippen LogP contribution is 2.29. The molecule has 29 heavy (non-hydrogen) atoms. The number of carbonyl (C=O) groups is 1. The van der Waals surface area contributed by atoms with Crippen LogP contribution in [0.5, 0.6) is 5.75 Å². The lowest BCUT2D eigenvalue weighted by atomic mass is 10.1. The third-order valence-electron chi connectivity index (χ3n) is 4.56. The Kier molecular flexibility index (Phi) is 6.22. The number of nitrogens with zero attached hydrogens (tertiary/aromatic N) is 2. The Morgan fingerprint density at radius 2 is 2.10 bits per heavy atom. The van der Waals surface area contributed by atoms with Crippen molar-refractivity contribution in [2.24, 2.45) is 0 Å². The SMILES string of the molecule is O=C(COc1ccc(Br)cc1F)Nc1nc2c(s1)CN(Cc1ccccc1)CC2. The van der Waals surface area contributed by atoms with E-state index in [-0.39, 0.29) is 18.3 Å². The fraction of sp³-hybridized carbons (Fsp3) is 0.238. The summed E-state index contributed by atoms with van der Waals surface area (Å²) in [6.45, 7) is 2.37. The lowest BCUT2D eigenvalue weighted by Crippen LogP contribution is -2.29. The Bertz CT molecular complexity index is 1010. The van der Waals surface area contributed by atoms with Crippen LogP contribution in [-0.4, -0.2) is 28.9 Å². The number of anilines is 1. The van der Waals surface area contributed by atoms with Gasteiger partial charge in [-0.2, -0.15) is 0 Å². The molecular weight excluding hydrogens is 457 g/mol. The number of thiazole rings is 1. The van der Waals surface area contributed by atoms with Crippen molar-refractivity contribution in [3.63, 3.8) is 0 Å². The van der Waals surface area contributed by atoms with Crippen LogP contribution >= 0.6 is 27.3 Å². The van der Waals surface area contributed by atoms with Crippen LogP contribution in [0.3, 0.4) is 0 Å². The fourth-order valence-electron chi connectivity index (χ4n) is 3.17. The Labute approximate surface area is 180 Å². The molecule has 5 nitrogen and oxygen atoms in total. The number of benzene rings is 2. The molecule has 2 heterocycles. The molecule has 0 aliphatic carbocycles. The molecule has 0 fully saturated rings. The summed E-state index contributed by atoms with van der Waals surface area (Å²) < 4.78 is 19.7. The van der Waals surface area contributed by atoms with Crippen molar-refractivity contribution < 1.29 is 13.9 Å². The second kappa shape index (κ2) is 9.02. The molecule has 0 spiro atoms. The summed E-state index contributed by atoms with van der Waals surface area (Å²) in [6.07, 6.45) is 0.856.